The van der Waals surface area contributed by atoms with E-state index in [1.54, 1.807) is 6.33 Å². The van der Waals surface area contributed by atoms with Crippen LogP contribution in [-0.4, -0.2) is 38.7 Å². The van der Waals surface area contributed by atoms with Gasteiger partial charge in [-0.3, -0.25) is 4.79 Å². The maximum Gasteiger partial charge on any atom is 0.229 e. The molecule has 150 valence electrons. The lowest BCUT2D eigenvalue weighted by Gasteiger charge is -2.33. The minimum absolute atomic E-state index is 0.0631. The summed E-state index contributed by atoms with van der Waals surface area (Å²) in [5, 5.41) is 7.57. The summed E-state index contributed by atoms with van der Waals surface area (Å²) in [5.74, 6) is 1.56. The molecule has 0 bridgehead atoms. The van der Waals surface area contributed by atoms with Crippen molar-refractivity contribution in [3.63, 3.8) is 0 Å². The van der Waals surface area contributed by atoms with Gasteiger partial charge in [0, 0.05) is 30.5 Å². The van der Waals surface area contributed by atoms with E-state index >= 15 is 0 Å². The molecule has 0 spiro atoms. The summed E-state index contributed by atoms with van der Waals surface area (Å²) in [6.45, 7) is 7.52. The minimum Gasteiger partial charge on any atom is -0.356 e. The summed E-state index contributed by atoms with van der Waals surface area (Å²) in [4.78, 5) is 23.8. The Labute approximate surface area is 170 Å². The SMILES string of the molecule is Cc1cccc(NC(=O)C2CCCN(c3cc(-n4nc(C)cc4C)ncn3)C2)c1. The molecule has 4 rings (SSSR count). The monoisotopic (exact) mass is 390 g/mol. The molecule has 1 unspecified atom stereocenters. The number of hydrogen-bond acceptors (Lipinski definition) is 5. The Morgan fingerprint density at radius 1 is 1.10 bits per heavy atom. The third kappa shape index (κ3) is 4.29. The number of benzene rings is 1. The van der Waals surface area contributed by atoms with Crippen molar-refractivity contribution in [1.29, 1.82) is 0 Å². The molecule has 0 aliphatic carbocycles. The van der Waals surface area contributed by atoms with E-state index in [-0.39, 0.29) is 11.8 Å². The molecule has 1 fully saturated rings. The van der Waals surface area contributed by atoms with Gasteiger partial charge in [0.15, 0.2) is 5.82 Å². The maximum atomic E-state index is 12.8. The van der Waals surface area contributed by atoms with Crippen LogP contribution in [0.2, 0.25) is 0 Å². The van der Waals surface area contributed by atoms with Gasteiger partial charge >= 0.3 is 0 Å². The molecule has 3 heterocycles. The number of nitrogens with one attached hydrogen (secondary N) is 1. The first-order chi connectivity index (χ1) is 14.0. The summed E-state index contributed by atoms with van der Waals surface area (Å²) >= 11 is 0. The van der Waals surface area contributed by atoms with Crippen LogP contribution < -0.4 is 10.2 Å². The molecule has 1 aromatic carbocycles. The van der Waals surface area contributed by atoms with E-state index in [9.17, 15) is 4.79 Å². The number of aryl methyl sites for hydroxylation is 3. The highest BCUT2D eigenvalue weighted by molar-refractivity contribution is 5.93. The van der Waals surface area contributed by atoms with Gasteiger partial charge in [-0.15, -0.1) is 0 Å². The van der Waals surface area contributed by atoms with Crippen molar-refractivity contribution < 1.29 is 4.79 Å². The van der Waals surface area contributed by atoms with Gasteiger partial charge < -0.3 is 10.2 Å². The fourth-order valence-electron chi connectivity index (χ4n) is 3.85. The average Bonchev–Trinajstić information content (AvgIpc) is 3.06. The number of anilines is 2. The highest BCUT2D eigenvalue weighted by Gasteiger charge is 2.27. The Morgan fingerprint density at radius 3 is 2.69 bits per heavy atom. The predicted octanol–water partition coefficient (Wildman–Crippen LogP) is 3.44. The third-order valence-corrected chi connectivity index (χ3v) is 5.27. The number of nitrogens with zero attached hydrogens (tertiary/aromatic N) is 5. The van der Waals surface area contributed by atoms with Gasteiger partial charge in [0.05, 0.1) is 11.6 Å². The maximum absolute atomic E-state index is 12.8. The molecule has 7 heteroatoms. The molecule has 0 saturated carbocycles. The van der Waals surface area contributed by atoms with E-state index in [0.29, 0.717) is 6.54 Å². The molecule has 1 amide bonds. The number of piperidine rings is 1. The van der Waals surface area contributed by atoms with Crippen LogP contribution in [0, 0.1) is 26.7 Å². The van der Waals surface area contributed by atoms with Crippen molar-refractivity contribution in [2.24, 2.45) is 5.92 Å². The molecule has 0 radical (unpaired) electrons. The molecular formula is C22H26N6O. The van der Waals surface area contributed by atoms with Gasteiger partial charge in [0.25, 0.3) is 0 Å². The van der Waals surface area contributed by atoms with Crippen LogP contribution >= 0.6 is 0 Å². The molecule has 7 nitrogen and oxygen atoms in total. The summed E-state index contributed by atoms with van der Waals surface area (Å²) in [6, 6.07) is 11.9. The second-order valence-corrected chi connectivity index (χ2v) is 7.72. The number of aromatic nitrogens is 4. The zero-order valence-corrected chi connectivity index (χ0v) is 17.1. The average molecular weight is 390 g/mol. The lowest BCUT2D eigenvalue weighted by molar-refractivity contribution is -0.120. The topological polar surface area (TPSA) is 75.9 Å². The van der Waals surface area contributed by atoms with Crippen molar-refractivity contribution in [3.05, 3.63) is 59.7 Å². The van der Waals surface area contributed by atoms with Gasteiger partial charge in [0.1, 0.15) is 12.1 Å². The van der Waals surface area contributed by atoms with Crippen LogP contribution in [0.5, 0.6) is 0 Å². The van der Waals surface area contributed by atoms with E-state index in [1.807, 2.05) is 61.9 Å². The van der Waals surface area contributed by atoms with Gasteiger partial charge in [0.2, 0.25) is 5.91 Å². The van der Waals surface area contributed by atoms with Gasteiger partial charge in [-0.1, -0.05) is 12.1 Å². The van der Waals surface area contributed by atoms with E-state index in [0.717, 1.165) is 53.7 Å². The van der Waals surface area contributed by atoms with Gasteiger partial charge in [-0.05, 0) is 57.4 Å². The Balaban J connectivity index is 1.49. The summed E-state index contributed by atoms with van der Waals surface area (Å²) in [6.07, 6.45) is 3.40. The Morgan fingerprint density at radius 2 is 1.93 bits per heavy atom. The molecule has 29 heavy (non-hydrogen) atoms. The third-order valence-electron chi connectivity index (χ3n) is 5.27. The van der Waals surface area contributed by atoms with Crippen molar-refractivity contribution >= 4 is 17.4 Å². The summed E-state index contributed by atoms with van der Waals surface area (Å²) in [7, 11) is 0. The predicted molar refractivity (Wildman–Crippen MR) is 113 cm³/mol. The lowest BCUT2D eigenvalue weighted by atomic mass is 9.97. The van der Waals surface area contributed by atoms with Crippen LogP contribution in [0.4, 0.5) is 11.5 Å². The zero-order chi connectivity index (χ0) is 20.4. The van der Waals surface area contributed by atoms with Crippen molar-refractivity contribution in [3.8, 4) is 5.82 Å². The Hall–Kier alpha value is -3.22. The highest BCUT2D eigenvalue weighted by Crippen LogP contribution is 2.24. The Bertz CT molecular complexity index is 1030. The first-order valence-electron chi connectivity index (χ1n) is 9.98. The molecule has 1 aliphatic heterocycles. The lowest BCUT2D eigenvalue weighted by Crippen LogP contribution is -2.41. The molecular weight excluding hydrogens is 364 g/mol. The second-order valence-electron chi connectivity index (χ2n) is 7.72. The number of carbonyl (C=O) groups excluding carboxylic acids is 1. The number of amides is 1. The quantitative estimate of drug-likeness (QED) is 0.738. The van der Waals surface area contributed by atoms with Crippen molar-refractivity contribution in [2.45, 2.75) is 33.6 Å². The fourth-order valence-corrected chi connectivity index (χ4v) is 3.85. The van der Waals surface area contributed by atoms with Crippen LogP contribution in [-0.2, 0) is 4.79 Å². The Kier molecular flexibility index (Phi) is 5.29. The molecule has 2 aromatic heterocycles. The second kappa shape index (κ2) is 8.03. The first kappa shape index (κ1) is 19.1. The summed E-state index contributed by atoms with van der Waals surface area (Å²) < 4.78 is 1.83. The zero-order valence-electron chi connectivity index (χ0n) is 17.1. The molecule has 1 aliphatic rings. The largest absolute Gasteiger partial charge is 0.356 e. The van der Waals surface area contributed by atoms with Crippen LogP contribution in [0.25, 0.3) is 5.82 Å². The molecule has 1 N–H and O–H groups in total. The smallest absolute Gasteiger partial charge is 0.229 e. The van der Waals surface area contributed by atoms with E-state index in [2.05, 4.69) is 25.3 Å². The van der Waals surface area contributed by atoms with Crippen LogP contribution in [0.3, 0.4) is 0 Å². The minimum atomic E-state index is -0.0728. The van der Waals surface area contributed by atoms with Crippen LogP contribution in [0.15, 0.2) is 42.7 Å². The number of rotatable bonds is 4. The van der Waals surface area contributed by atoms with Gasteiger partial charge in [-0.25, -0.2) is 14.6 Å². The molecule has 1 saturated heterocycles. The number of hydrogen-bond donors (Lipinski definition) is 1. The van der Waals surface area contributed by atoms with Crippen molar-refractivity contribution in [2.75, 3.05) is 23.3 Å². The molecule has 3 aromatic rings. The van der Waals surface area contributed by atoms with Crippen LogP contribution in [0.1, 0.15) is 29.8 Å². The highest BCUT2D eigenvalue weighted by atomic mass is 16.1. The van der Waals surface area contributed by atoms with E-state index < -0.39 is 0 Å². The molecule has 1 atom stereocenters. The van der Waals surface area contributed by atoms with E-state index in [1.165, 1.54) is 0 Å². The normalized spacial score (nSPS) is 16.7. The summed E-state index contributed by atoms with van der Waals surface area (Å²) in [5.41, 5.74) is 3.96. The fraction of sp³-hybridized carbons (Fsp3) is 0.364. The number of carbonyl (C=O) groups is 1. The first-order valence-corrected chi connectivity index (χ1v) is 9.98. The van der Waals surface area contributed by atoms with E-state index in [4.69, 9.17) is 0 Å². The standard InChI is InChI=1S/C22H26N6O/c1-15-6-4-8-19(10-15)25-22(29)18-7-5-9-27(13-18)20-12-21(24-14-23-20)28-17(3)11-16(2)26-28/h4,6,8,10-12,14,18H,5,7,9,13H2,1-3H3,(H,25,29). The van der Waals surface area contributed by atoms with Gasteiger partial charge in [-0.2, -0.15) is 5.10 Å². The van der Waals surface area contributed by atoms with Crippen molar-refractivity contribution in [1.82, 2.24) is 19.7 Å².